The van der Waals surface area contributed by atoms with Crippen molar-refractivity contribution in [2.24, 2.45) is 11.8 Å². The Morgan fingerprint density at radius 3 is 2.96 bits per heavy atom. The van der Waals surface area contributed by atoms with Gasteiger partial charge in [0.25, 0.3) is 5.69 Å². The number of nitro benzene ring substituents is 1. The van der Waals surface area contributed by atoms with E-state index in [1.54, 1.807) is 13.0 Å². The molecule has 0 aliphatic heterocycles. The fraction of sp³-hybridized carbons (Fsp3) is 0.529. The first kappa shape index (κ1) is 17.9. The number of nitrogens with zero attached hydrogens (tertiary/aromatic N) is 5. The zero-order valence-corrected chi connectivity index (χ0v) is 15.7. The van der Waals surface area contributed by atoms with Gasteiger partial charge in [-0.25, -0.2) is 4.68 Å². The highest BCUT2D eigenvalue weighted by atomic mass is 32.2. The Morgan fingerprint density at radius 1 is 1.41 bits per heavy atom. The van der Waals surface area contributed by atoms with Crippen LogP contribution in [0.5, 0.6) is 0 Å². The third kappa shape index (κ3) is 3.66. The normalized spacial score (nSPS) is 23.5. The summed E-state index contributed by atoms with van der Waals surface area (Å²) in [6, 6.07) is 4.75. The molecule has 3 atom stereocenters. The average Bonchev–Trinajstić information content (AvgIpc) is 3.37. The van der Waals surface area contributed by atoms with Crippen LogP contribution in [0.2, 0.25) is 0 Å². The van der Waals surface area contributed by atoms with Gasteiger partial charge in [-0.3, -0.25) is 14.9 Å². The van der Waals surface area contributed by atoms with Crippen molar-refractivity contribution in [3.05, 3.63) is 33.9 Å². The molecule has 2 fully saturated rings. The van der Waals surface area contributed by atoms with Crippen LogP contribution in [0.15, 0.2) is 23.4 Å². The number of non-ortho nitro benzene ring substituents is 1. The third-order valence-electron chi connectivity index (χ3n) is 5.52. The number of fused-ring (bicyclic) bond motifs is 2. The predicted octanol–water partition coefficient (Wildman–Crippen LogP) is 2.98. The molecule has 0 radical (unpaired) electrons. The van der Waals surface area contributed by atoms with Crippen molar-refractivity contribution >= 4 is 29.0 Å². The summed E-state index contributed by atoms with van der Waals surface area (Å²) in [6.07, 6.45) is 4.89. The Kier molecular flexibility index (Phi) is 4.81. The van der Waals surface area contributed by atoms with Crippen molar-refractivity contribution in [2.45, 2.75) is 43.8 Å². The number of tetrazole rings is 1. The van der Waals surface area contributed by atoms with Crippen LogP contribution in [-0.4, -0.2) is 36.8 Å². The van der Waals surface area contributed by atoms with Crippen LogP contribution in [0.4, 0.5) is 11.4 Å². The lowest BCUT2D eigenvalue weighted by Crippen LogP contribution is -2.19. The molecule has 10 heteroatoms. The van der Waals surface area contributed by atoms with Gasteiger partial charge in [0.15, 0.2) is 0 Å². The van der Waals surface area contributed by atoms with Gasteiger partial charge >= 0.3 is 0 Å². The molecule has 0 unspecified atom stereocenters. The molecule has 1 N–H and O–H groups in total. The minimum absolute atomic E-state index is 0.0521. The summed E-state index contributed by atoms with van der Waals surface area (Å²) in [5, 5.41) is 26.3. The van der Waals surface area contributed by atoms with Gasteiger partial charge in [-0.15, -0.1) is 5.10 Å². The summed E-state index contributed by atoms with van der Waals surface area (Å²) in [6.45, 7) is 1.79. The van der Waals surface area contributed by atoms with Gasteiger partial charge in [0.1, 0.15) is 0 Å². The molecule has 1 aromatic carbocycles. The van der Waals surface area contributed by atoms with Crippen LogP contribution in [0.3, 0.4) is 0 Å². The van der Waals surface area contributed by atoms with Gasteiger partial charge < -0.3 is 5.32 Å². The largest absolute Gasteiger partial charge is 0.325 e. The third-order valence-corrected chi connectivity index (χ3v) is 6.45. The number of thioether (sulfide) groups is 1. The fourth-order valence-corrected chi connectivity index (χ4v) is 4.90. The summed E-state index contributed by atoms with van der Waals surface area (Å²) < 4.78 is 1.88. The van der Waals surface area contributed by atoms with E-state index < -0.39 is 4.92 Å². The van der Waals surface area contributed by atoms with Gasteiger partial charge in [-0.1, -0.05) is 24.2 Å². The minimum atomic E-state index is -0.479. The van der Waals surface area contributed by atoms with E-state index >= 15 is 0 Å². The molecular weight excluding hydrogens is 368 g/mol. The van der Waals surface area contributed by atoms with Crippen LogP contribution in [0.1, 0.15) is 37.3 Å². The number of hydrogen-bond acceptors (Lipinski definition) is 7. The van der Waals surface area contributed by atoms with Gasteiger partial charge in [0.2, 0.25) is 11.1 Å². The minimum Gasteiger partial charge on any atom is -0.325 e. The Labute approximate surface area is 160 Å². The standard InChI is InChI=1S/C17H20N6O3S/c1-10-2-5-13(23(25)26)8-14(10)18-16(24)9-27-17-19-20-21-22(17)15-7-11-3-4-12(15)6-11/h2,5,8,11-12,15H,3-4,6-7,9H2,1H3,(H,18,24)/t11-,12+,15+/m1/s1. The number of anilines is 1. The first-order valence-electron chi connectivity index (χ1n) is 8.97. The quantitative estimate of drug-likeness (QED) is 0.459. The van der Waals surface area contributed by atoms with Crippen LogP contribution in [-0.2, 0) is 4.79 Å². The van der Waals surface area contributed by atoms with E-state index in [2.05, 4.69) is 20.8 Å². The number of benzene rings is 1. The number of aryl methyl sites for hydroxylation is 1. The molecule has 2 saturated carbocycles. The molecule has 9 nitrogen and oxygen atoms in total. The Morgan fingerprint density at radius 2 is 2.26 bits per heavy atom. The number of carbonyl (C=O) groups excluding carboxylic acids is 1. The van der Waals surface area contributed by atoms with Gasteiger partial charge in [0, 0.05) is 12.1 Å². The molecule has 2 bridgehead atoms. The first-order valence-corrected chi connectivity index (χ1v) is 9.95. The number of rotatable bonds is 6. The van der Waals surface area contributed by atoms with Crippen molar-refractivity contribution < 1.29 is 9.72 Å². The molecule has 1 aromatic heterocycles. The van der Waals surface area contributed by atoms with Crippen molar-refractivity contribution in [2.75, 3.05) is 11.1 Å². The summed E-state index contributed by atoms with van der Waals surface area (Å²) in [4.78, 5) is 22.8. The number of amides is 1. The van der Waals surface area contributed by atoms with Crippen molar-refractivity contribution in [3.63, 3.8) is 0 Å². The Hall–Kier alpha value is -2.49. The monoisotopic (exact) mass is 388 g/mol. The first-order chi connectivity index (χ1) is 13.0. The van der Waals surface area contributed by atoms with Gasteiger partial charge in [-0.05, 0) is 54.0 Å². The molecule has 1 heterocycles. The van der Waals surface area contributed by atoms with Crippen LogP contribution in [0, 0.1) is 28.9 Å². The summed E-state index contributed by atoms with van der Waals surface area (Å²) in [5.41, 5.74) is 1.16. The highest BCUT2D eigenvalue weighted by Gasteiger charge is 2.42. The summed E-state index contributed by atoms with van der Waals surface area (Å²) in [5.74, 6) is 1.32. The molecule has 142 valence electrons. The van der Waals surface area contributed by atoms with Crippen LogP contribution < -0.4 is 5.32 Å². The van der Waals surface area contributed by atoms with E-state index in [1.807, 2.05) is 4.68 Å². The second-order valence-corrected chi connectivity index (χ2v) is 8.18. The smallest absolute Gasteiger partial charge is 0.271 e. The number of hydrogen-bond donors (Lipinski definition) is 1. The van der Waals surface area contributed by atoms with E-state index in [0.717, 1.165) is 17.9 Å². The maximum Gasteiger partial charge on any atom is 0.271 e. The topological polar surface area (TPSA) is 116 Å². The zero-order chi connectivity index (χ0) is 19.0. The van der Waals surface area contributed by atoms with Gasteiger partial charge in [0.05, 0.1) is 22.4 Å². The number of nitrogens with one attached hydrogen (secondary N) is 1. The molecule has 2 aromatic rings. The highest BCUT2D eigenvalue weighted by molar-refractivity contribution is 7.99. The van der Waals surface area contributed by atoms with Gasteiger partial charge in [-0.2, -0.15) is 0 Å². The van der Waals surface area contributed by atoms with Crippen molar-refractivity contribution in [3.8, 4) is 0 Å². The lowest BCUT2D eigenvalue weighted by molar-refractivity contribution is -0.384. The second-order valence-electron chi connectivity index (χ2n) is 7.24. The molecule has 2 aliphatic rings. The average molecular weight is 388 g/mol. The summed E-state index contributed by atoms with van der Waals surface area (Å²) >= 11 is 1.29. The Balaban J connectivity index is 1.39. The van der Waals surface area contributed by atoms with E-state index in [0.29, 0.717) is 22.8 Å². The van der Waals surface area contributed by atoms with Crippen molar-refractivity contribution in [1.82, 2.24) is 20.2 Å². The highest BCUT2D eigenvalue weighted by Crippen LogP contribution is 2.50. The maximum absolute atomic E-state index is 12.3. The predicted molar refractivity (Wildman–Crippen MR) is 99.5 cm³/mol. The molecule has 2 aliphatic carbocycles. The number of nitro groups is 1. The summed E-state index contributed by atoms with van der Waals surface area (Å²) in [7, 11) is 0. The fourth-order valence-electron chi connectivity index (χ4n) is 4.17. The lowest BCUT2D eigenvalue weighted by atomic mass is 9.96. The molecular formula is C17H20N6O3S. The van der Waals surface area contributed by atoms with E-state index in [4.69, 9.17) is 0 Å². The molecule has 1 amide bonds. The lowest BCUT2D eigenvalue weighted by Gasteiger charge is -2.22. The zero-order valence-electron chi connectivity index (χ0n) is 14.9. The van der Waals surface area contributed by atoms with E-state index in [-0.39, 0.29) is 17.3 Å². The maximum atomic E-state index is 12.3. The molecule has 0 saturated heterocycles. The number of aromatic nitrogens is 4. The molecule has 4 rings (SSSR count). The van der Waals surface area contributed by atoms with E-state index in [9.17, 15) is 14.9 Å². The molecule has 0 spiro atoms. The number of carbonyl (C=O) groups is 1. The van der Waals surface area contributed by atoms with Crippen molar-refractivity contribution in [1.29, 1.82) is 0 Å². The van der Waals surface area contributed by atoms with E-state index in [1.165, 1.54) is 43.2 Å². The molecule has 27 heavy (non-hydrogen) atoms. The SMILES string of the molecule is Cc1ccc([N+](=O)[O-])cc1NC(=O)CSc1nnnn1[C@H]1C[C@@H]2CC[C@H]1C2. The van der Waals surface area contributed by atoms with Crippen LogP contribution in [0.25, 0.3) is 0 Å². The second kappa shape index (κ2) is 7.26. The van der Waals surface area contributed by atoms with Crippen LogP contribution >= 0.6 is 11.8 Å². The Bertz CT molecular complexity index is 885.